The molecule has 50 valence electrons. The molecule has 0 rings (SSSR count). The van der Waals surface area contributed by atoms with E-state index in [1.54, 1.807) is 6.08 Å². The molecule has 2 nitrogen and oxygen atoms in total. The van der Waals surface area contributed by atoms with Crippen LogP contribution < -0.4 is 5.73 Å². The molecule has 9 heavy (non-hydrogen) atoms. The van der Waals surface area contributed by atoms with Gasteiger partial charge in [0.2, 0.25) is 5.91 Å². The number of hydrogen-bond donors (Lipinski definition) is 1. The lowest BCUT2D eigenvalue weighted by molar-refractivity contribution is -0.114. The minimum Gasteiger partial charge on any atom is -0.366 e. The van der Waals surface area contributed by atoms with Crippen LogP contribution in [-0.4, -0.2) is 5.91 Å². The van der Waals surface area contributed by atoms with Gasteiger partial charge in [-0.3, -0.25) is 4.79 Å². The van der Waals surface area contributed by atoms with Gasteiger partial charge in [0, 0.05) is 5.57 Å². The maximum atomic E-state index is 10.3. The molecule has 0 aromatic rings. The monoisotopic (exact) mass is 125 g/mol. The number of rotatable bonds is 4. The second kappa shape index (κ2) is 3.89. The van der Waals surface area contributed by atoms with Crippen LogP contribution in [-0.2, 0) is 4.79 Å². The normalized spacial score (nSPS) is 8.44. The van der Waals surface area contributed by atoms with E-state index in [2.05, 4.69) is 13.2 Å². The van der Waals surface area contributed by atoms with Gasteiger partial charge in [-0.15, -0.1) is 6.58 Å². The molecule has 0 atom stereocenters. The van der Waals surface area contributed by atoms with Crippen LogP contribution in [0.3, 0.4) is 0 Å². The van der Waals surface area contributed by atoms with Crippen molar-refractivity contribution in [3.63, 3.8) is 0 Å². The Morgan fingerprint density at radius 2 is 2.22 bits per heavy atom. The van der Waals surface area contributed by atoms with Gasteiger partial charge in [-0.2, -0.15) is 0 Å². The largest absolute Gasteiger partial charge is 0.366 e. The third-order valence-electron chi connectivity index (χ3n) is 0.999. The molecule has 2 heteroatoms. The van der Waals surface area contributed by atoms with Crippen LogP contribution in [0, 0.1) is 0 Å². The van der Waals surface area contributed by atoms with E-state index in [0.717, 1.165) is 6.42 Å². The van der Waals surface area contributed by atoms with Gasteiger partial charge in [-0.1, -0.05) is 12.7 Å². The zero-order chi connectivity index (χ0) is 7.28. The van der Waals surface area contributed by atoms with E-state index < -0.39 is 5.91 Å². The van der Waals surface area contributed by atoms with Crippen molar-refractivity contribution in [2.75, 3.05) is 0 Å². The Hall–Kier alpha value is -1.05. The van der Waals surface area contributed by atoms with E-state index in [9.17, 15) is 4.79 Å². The molecule has 0 radical (unpaired) electrons. The van der Waals surface area contributed by atoms with Gasteiger partial charge in [0.1, 0.15) is 0 Å². The summed E-state index contributed by atoms with van der Waals surface area (Å²) in [5.74, 6) is -0.420. The van der Waals surface area contributed by atoms with Gasteiger partial charge in [-0.05, 0) is 12.8 Å². The van der Waals surface area contributed by atoms with Crippen molar-refractivity contribution in [2.24, 2.45) is 5.73 Å². The quantitative estimate of drug-likeness (QED) is 0.442. The van der Waals surface area contributed by atoms with Crippen molar-refractivity contribution in [1.82, 2.24) is 0 Å². The highest BCUT2D eigenvalue weighted by Gasteiger charge is 1.97. The first-order chi connectivity index (χ1) is 4.18. The first-order valence-electron chi connectivity index (χ1n) is 2.77. The third-order valence-corrected chi connectivity index (χ3v) is 0.999. The highest BCUT2D eigenvalue weighted by Crippen LogP contribution is 2.00. The molecular formula is C7H11NO. The Morgan fingerprint density at radius 1 is 1.67 bits per heavy atom. The number of nitrogens with two attached hydrogens (primary N) is 1. The van der Waals surface area contributed by atoms with Crippen LogP contribution in [0.25, 0.3) is 0 Å². The second-order valence-electron chi connectivity index (χ2n) is 1.80. The van der Waals surface area contributed by atoms with Gasteiger partial charge in [-0.25, -0.2) is 0 Å². The second-order valence-corrected chi connectivity index (χ2v) is 1.80. The average molecular weight is 125 g/mol. The van der Waals surface area contributed by atoms with Gasteiger partial charge in [0.25, 0.3) is 0 Å². The SMILES string of the molecule is C=CCCC(=C)C(N)=O. The Balaban J connectivity index is 3.51. The number of carbonyl (C=O) groups is 1. The van der Waals surface area contributed by atoms with Crippen LogP contribution in [0.2, 0.25) is 0 Å². The van der Waals surface area contributed by atoms with E-state index in [-0.39, 0.29) is 0 Å². The van der Waals surface area contributed by atoms with Crippen molar-refractivity contribution in [2.45, 2.75) is 12.8 Å². The summed E-state index contributed by atoms with van der Waals surface area (Å²) < 4.78 is 0. The molecule has 0 aliphatic rings. The molecule has 0 bridgehead atoms. The summed E-state index contributed by atoms with van der Waals surface area (Å²) in [6, 6.07) is 0. The van der Waals surface area contributed by atoms with Crippen molar-refractivity contribution in [3.8, 4) is 0 Å². The lowest BCUT2D eigenvalue weighted by Gasteiger charge is -1.94. The fourth-order valence-electron chi connectivity index (χ4n) is 0.399. The zero-order valence-electron chi connectivity index (χ0n) is 5.39. The predicted octanol–water partition coefficient (Wildman–Crippen LogP) is 0.994. The number of carbonyl (C=O) groups excluding carboxylic acids is 1. The van der Waals surface area contributed by atoms with Crippen molar-refractivity contribution >= 4 is 5.91 Å². The van der Waals surface area contributed by atoms with Gasteiger partial charge >= 0.3 is 0 Å². The van der Waals surface area contributed by atoms with E-state index in [4.69, 9.17) is 5.73 Å². The average Bonchev–Trinajstić information content (AvgIpc) is 1.82. The van der Waals surface area contributed by atoms with Crippen molar-refractivity contribution in [1.29, 1.82) is 0 Å². The standard InChI is InChI=1S/C7H11NO/c1-3-4-5-6(2)7(8)9/h3H,1-2,4-5H2,(H2,8,9). The Morgan fingerprint density at radius 3 is 2.56 bits per heavy atom. The van der Waals surface area contributed by atoms with E-state index in [1.165, 1.54) is 0 Å². The van der Waals surface area contributed by atoms with E-state index in [1.807, 2.05) is 0 Å². The molecule has 0 saturated carbocycles. The van der Waals surface area contributed by atoms with Crippen LogP contribution >= 0.6 is 0 Å². The highest BCUT2D eigenvalue weighted by molar-refractivity contribution is 5.91. The van der Waals surface area contributed by atoms with Crippen LogP contribution in [0.4, 0.5) is 0 Å². The van der Waals surface area contributed by atoms with Gasteiger partial charge < -0.3 is 5.73 Å². The maximum absolute atomic E-state index is 10.3. The van der Waals surface area contributed by atoms with Crippen LogP contribution in [0.15, 0.2) is 24.8 Å². The summed E-state index contributed by atoms with van der Waals surface area (Å²) in [4.78, 5) is 10.3. The van der Waals surface area contributed by atoms with E-state index >= 15 is 0 Å². The molecule has 0 saturated heterocycles. The molecule has 0 heterocycles. The van der Waals surface area contributed by atoms with Gasteiger partial charge in [0.05, 0.1) is 0 Å². The molecule has 2 N–H and O–H groups in total. The van der Waals surface area contributed by atoms with Crippen molar-refractivity contribution in [3.05, 3.63) is 24.8 Å². The number of amides is 1. The first-order valence-corrected chi connectivity index (χ1v) is 2.77. The highest BCUT2D eigenvalue weighted by atomic mass is 16.1. The predicted molar refractivity (Wildman–Crippen MR) is 37.8 cm³/mol. The molecule has 1 amide bonds. The third kappa shape index (κ3) is 3.53. The number of primary amides is 1. The van der Waals surface area contributed by atoms with Gasteiger partial charge in [0.15, 0.2) is 0 Å². The molecule has 0 fully saturated rings. The molecule has 0 spiro atoms. The lowest BCUT2D eigenvalue weighted by Crippen LogP contribution is -2.12. The summed E-state index contributed by atoms with van der Waals surface area (Å²) in [6.45, 7) is 6.97. The molecule has 0 aromatic carbocycles. The van der Waals surface area contributed by atoms with Crippen LogP contribution in [0.5, 0.6) is 0 Å². The first kappa shape index (κ1) is 7.95. The minimum absolute atomic E-state index is 0.420. The number of allylic oxidation sites excluding steroid dienone is 1. The Bertz CT molecular complexity index is 138. The summed E-state index contributed by atoms with van der Waals surface area (Å²) in [7, 11) is 0. The molecule has 0 unspecified atom stereocenters. The molecule has 0 aliphatic heterocycles. The summed E-state index contributed by atoms with van der Waals surface area (Å²) in [5.41, 5.74) is 5.37. The fraction of sp³-hybridized carbons (Fsp3) is 0.286. The molecule has 0 aromatic heterocycles. The van der Waals surface area contributed by atoms with E-state index in [0.29, 0.717) is 12.0 Å². The zero-order valence-corrected chi connectivity index (χ0v) is 5.39. The molecular weight excluding hydrogens is 114 g/mol. The van der Waals surface area contributed by atoms with Crippen molar-refractivity contribution < 1.29 is 4.79 Å². The summed E-state index contributed by atoms with van der Waals surface area (Å²) in [5, 5.41) is 0. The maximum Gasteiger partial charge on any atom is 0.244 e. The fourth-order valence-corrected chi connectivity index (χ4v) is 0.399. The topological polar surface area (TPSA) is 43.1 Å². The lowest BCUT2D eigenvalue weighted by atomic mass is 10.1. The number of hydrogen-bond acceptors (Lipinski definition) is 1. The summed E-state index contributed by atoms with van der Waals surface area (Å²) >= 11 is 0. The minimum atomic E-state index is -0.420. The summed E-state index contributed by atoms with van der Waals surface area (Å²) in [6.07, 6.45) is 3.12. The molecule has 0 aliphatic carbocycles. The Kier molecular flexibility index (Phi) is 3.44. The Labute approximate surface area is 55.1 Å². The smallest absolute Gasteiger partial charge is 0.244 e. The van der Waals surface area contributed by atoms with Crippen LogP contribution in [0.1, 0.15) is 12.8 Å².